The average molecular weight is 426 g/mol. The van der Waals surface area contributed by atoms with Crippen LogP contribution in [0.5, 0.6) is 5.75 Å². The van der Waals surface area contributed by atoms with Crippen molar-refractivity contribution in [1.82, 2.24) is 9.97 Å². The summed E-state index contributed by atoms with van der Waals surface area (Å²) in [5, 5.41) is 16.5. The molecule has 1 aliphatic heterocycles. The molecule has 1 aliphatic rings. The fraction of sp³-hybridized carbons (Fsp3) is 0.286. The number of amides is 1. The van der Waals surface area contributed by atoms with Crippen LogP contribution >= 0.6 is 11.3 Å². The Morgan fingerprint density at radius 2 is 2.00 bits per heavy atom. The molecule has 1 aromatic carbocycles. The third-order valence-electron chi connectivity index (χ3n) is 4.97. The van der Waals surface area contributed by atoms with Crippen LogP contribution in [-0.4, -0.2) is 47.3 Å². The number of phenolic OH excluding ortho intramolecular Hbond substituents is 1. The van der Waals surface area contributed by atoms with Crippen LogP contribution in [0.15, 0.2) is 36.7 Å². The molecule has 8 nitrogen and oxygen atoms in total. The van der Waals surface area contributed by atoms with Gasteiger partial charge in [0, 0.05) is 36.6 Å². The topological polar surface area (TPSA) is 99.6 Å². The number of thiazole rings is 1. The Balaban J connectivity index is 1.46. The van der Waals surface area contributed by atoms with Crippen molar-refractivity contribution in [2.24, 2.45) is 0 Å². The highest BCUT2D eigenvalue weighted by Crippen LogP contribution is 2.30. The molecule has 0 radical (unpaired) electrons. The van der Waals surface area contributed by atoms with Crippen LogP contribution in [0.4, 0.5) is 22.3 Å². The summed E-state index contributed by atoms with van der Waals surface area (Å²) >= 11 is 1.24. The molecule has 1 amide bonds. The lowest BCUT2D eigenvalue weighted by Gasteiger charge is -2.28. The maximum absolute atomic E-state index is 12.7. The Labute approximate surface area is 178 Å². The van der Waals surface area contributed by atoms with Gasteiger partial charge in [0.2, 0.25) is 0 Å². The molecule has 1 saturated heterocycles. The molecule has 1 fully saturated rings. The van der Waals surface area contributed by atoms with E-state index in [1.807, 2.05) is 19.1 Å². The quantitative estimate of drug-likeness (QED) is 0.573. The second-order valence-corrected chi connectivity index (χ2v) is 8.04. The van der Waals surface area contributed by atoms with Crippen molar-refractivity contribution in [3.8, 4) is 5.75 Å². The third-order valence-corrected chi connectivity index (χ3v) is 5.88. The monoisotopic (exact) mass is 425 g/mol. The van der Waals surface area contributed by atoms with Gasteiger partial charge in [-0.05, 0) is 31.5 Å². The van der Waals surface area contributed by atoms with Gasteiger partial charge in [-0.1, -0.05) is 17.4 Å². The molecule has 3 aromatic rings. The summed E-state index contributed by atoms with van der Waals surface area (Å²) in [5.41, 5.74) is 3.20. The highest BCUT2D eigenvalue weighted by atomic mass is 32.1. The van der Waals surface area contributed by atoms with E-state index in [-0.39, 0.29) is 11.7 Å². The number of carbonyl (C=O) groups excluding carboxylic acids is 1. The summed E-state index contributed by atoms with van der Waals surface area (Å²) in [6.07, 6.45) is 3.28. The minimum atomic E-state index is -0.271. The Hall–Kier alpha value is -3.17. The van der Waals surface area contributed by atoms with E-state index in [1.54, 1.807) is 25.3 Å². The number of rotatable bonds is 5. The highest BCUT2D eigenvalue weighted by molar-refractivity contribution is 7.17. The number of morpholine rings is 1. The second-order valence-electron chi connectivity index (χ2n) is 7.01. The predicted molar refractivity (Wildman–Crippen MR) is 118 cm³/mol. The van der Waals surface area contributed by atoms with Crippen LogP contribution in [0.3, 0.4) is 0 Å². The van der Waals surface area contributed by atoms with E-state index in [2.05, 4.69) is 25.5 Å². The molecule has 2 aromatic heterocycles. The summed E-state index contributed by atoms with van der Waals surface area (Å²) in [6, 6.07) is 7.32. The molecule has 9 heteroatoms. The first-order valence-electron chi connectivity index (χ1n) is 9.63. The van der Waals surface area contributed by atoms with Crippen molar-refractivity contribution in [3.05, 3.63) is 52.7 Å². The molecular formula is C21H23N5O3S. The number of anilines is 4. The van der Waals surface area contributed by atoms with Crippen molar-refractivity contribution >= 4 is 39.6 Å². The molecule has 4 rings (SSSR count). The minimum Gasteiger partial charge on any atom is -0.508 e. The number of benzene rings is 1. The van der Waals surface area contributed by atoms with Crippen LogP contribution in [-0.2, 0) is 4.74 Å². The van der Waals surface area contributed by atoms with Gasteiger partial charge in [-0.3, -0.25) is 4.79 Å². The molecule has 0 bridgehead atoms. The largest absolute Gasteiger partial charge is 0.508 e. The number of phenols is 1. The Kier molecular flexibility index (Phi) is 5.82. The van der Waals surface area contributed by atoms with Gasteiger partial charge in [0.15, 0.2) is 5.13 Å². The fourth-order valence-electron chi connectivity index (χ4n) is 3.26. The molecule has 0 atom stereocenters. The molecule has 0 unspecified atom stereocenters. The average Bonchev–Trinajstić information content (AvgIpc) is 3.23. The van der Waals surface area contributed by atoms with E-state index >= 15 is 0 Å². The summed E-state index contributed by atoms with van der Waals surface area (Å²) in [5.74, 6) is 0.543. The number of aryl methyl sites for hydroxylation is 1. The first kappa shape index (κ1) is 20.1. The molecule has 30 heavy (non-hydrogen) atoms. The number of ether oxygens (including phenoxy) is 1. The highest BCUT2D eigenvalue weighted by Gasteiger charge is 2.16. The lowest BCUT2D eigenvalue weighted by Crippen LogP contribution is -2.36. The summed E-state index contributed by atoms with van der Waals surface area (Å²) in [4.78, 5) is 24.0. The smallest absolute Gasteiger partial charge is 0.267 e. The lowest BCUT2D eigenvalue weighted by molar-refractivity contribution is 0.103. The van der Waals surface area contributed by atoms with E-state index in [4.69, 9.17) is 4.74 Å². The van der Waals surface area contributed by atoms with Crippen molar-refractivity contribution in [3.63, 3.8) is 0 Å². The Morgan fingerprint density at radius 1 is 1.20 bits per heavy atom. The molecule has 3 N–H and O–H groups in total. The van der Waals surface area contributed by atoms with Crippen molar-refractivity contribution < 1.29 is 14.6 Å². The fourth-order valence-corrected chi connectivity index (χ4v) is 3.97. The SMILES string of the molecule is Cc1ccc(O)c(C)c1NC(=O)c1cnc(Nc2cc(N3CCOCC3)ccn2)s1. The first-order chi connectivity index (χ1) is 14.5. The third kappa shape index (κ3) is 4.37. The first-order valence-corrected chi connectivity index (χ1v) is 10.4. The number of nitrogens with zero attached hydrogens (tertiary/aromatic N) is 3. The van der Waals surface area contributed by atoms with Gasteiger partial charge < -0.3 is 25.4 Å². The Morgan fingerprint density at radius 3 is 2.80 bits per heavy atom. The van der Waals surface area contributed by atoms with Gasteiger partial charge in [-0.25, -0.2) is 9.97 Å². The van der Waals surface area contributed by atoms with Crippen molar-refractivity contribution in [1.29, 1.82) is 0 Å². The summed E-state index contributed by atoms with van der Waals surface area (Å²) < 4.78 is 5.40. The summed E-state index contributed by atoms with van der Waals surface area (Å²) in [6.45, 7) is 6.78. The van der Waals surface area contributed by atoms with Gasteiger partial charge in [0.1, 0.15) is 16.4 Å². The Bertz CT molecular complexity index is 1060. The second kappa shape index (κ2) is 8.68. The van der Waals surface area contributed by atoms with E-state index < -0.39 is 0 Å². The molecule has 0 aliphatic carbocycles. The van der Waals surface area contributed by atoms with Crippen LogP contribution in [0.2, 0.25) is 0 Å². The van der Waals surface area contributed by atoms with E-state index in [1.165, 1.54) is 17.5 Å². The van der Waals surface area contributed by atoms with E-state index in [0.717, 1.165) is 24.3 Å². The zero-order valence-electron chi connectivity index (χ0n) is 16.8. The zero-order chi connectivity index (χ0) is 21.1. The van der Waals surface area contributed by atoms with Crippen LogP contribution in [0.25, 0.3) is 0 Å². The maximum atomic E-state index is 12.7. The number of hydrogen-bond acceptors (Lipinski definition) is 8. The van der Waals surface area contributed by atoms with Gasteiger partial charge >= 0.3 is 0 Å². The minimum absolute atomic E-state index is 0.147. The molecule has 0 saturated carbocycles. The normalized spacial score (nSPS) is 13.9. The molecule has 0 spiro atoms. The molecule has 156 valence electrons. The molecular weight excluding hydrogens is 402 g/mol. The number of nitrogens with one attached hydrogen (secondary N) is 2. The number of aromatic hydroxyl groups is 1. The van der Waals surface area contributed by atoms with Gasteiger partial charge in [-0.15, -0.1) is 0 Å². The van der Waals surface area contributed by atoms with Crippen LogP contribution in [0, 0.1) is 13.8 Å². The number of hydrogen-bond donors (Lipinski definition) is 3. The number of aromatic nitrogens is 2. The van der Waals surface area contributed by atoms with Gasteiger partial charge in [0.05, 0.1) is 25.1 Å². The van der Waals surface area contributed by atoms with Gasteiger partial charge in [-0.2, -0.15) is 0 Å². The van der Waals surface area contributed by atoms with E-state index in [9.17, 15) is 9.90 Å². The molecule has 3 heterocycles. The zero-order valence-corrected chi connectivity index (χ0v) is 17.6. The standard InChI is InChI=1S/C21H23N5O3S/c1-13-3-4-16(27)14(2)19(13)25-20(28)17-12-23-21(30-17)24-18-11-15(5-6-22-18)26-7-9-29-10-8-26/h3-6,11-12,27H,7-10H2,1-2H3,(H,25,28)(H,22,23,24). The lowest BCUT2D eigenvalue weighted by atomic mass is 10.1. The van der Waals surface area contributed by atoms with Crippen LogP contribution < -0.4 is 15.5 Å². The van der Waals surface area contributed by atoms with Crippen molar-refractivity contribution in [2.75, 3.05) is 41.8 Å². The summed E-state index contributed by atoms with van der Waals surface area (Å²) in [7, 11) is 0. The van der Waals surface area contributed by atoms with Crippen molar-refractivity contribution in [2.45, 2.75) is 13.8 Å². The number of pyridine rings is 1. The van der Waals surface area contributed by atoms with E-state index in [0.29, 0.717) is 40.3 Å². The van der Waals surface area contributed by atoms with Gasteiger partial charge in [0.25, 0.3) is 5.91 Å². The number of carbonyl (C=O) groups is 1. The maximum Gasteiger partial charge on any atom is 0.267 e. The predicted octanol–water partition coefficient (Wildman–Crippen LogP) is 3.69. The van der Waals surface area contributed by atoms with Crippen LogP contribution in [0.1, 0.15) is 20.8 Å².